The summed E-state index contributed by atoms with van der Waals surface area (Å²) in [5, 5.41) is 0. The minimum absolute atomic E-state index is 0.0566. The molecule has 0 aliphatic rings. The summed E-state index contributed by atoms with van der Waals surface area (Å²) >= 11 is 0. The lowest BCUT2D eigenvalue weighted by Crippen LogP contribution is -2.24. The lowest BCUT2D eigenvalue weighted by atomic mass is 10.2. The first-order valence-corrected chi connectivity index (χ1v) is 9.68. The molecule has 1 heterocycles. The van der Waals surface area contributed by atoms with Gasteiger partial charge in [0.15, 0.2) is 0 Å². The zero-order chi connectivity index (χ0) is 23.3. The highest BCUT2D eigenvalue weighted by Gasteiger charge is 2.20. The van der Waals surface area contributed by atoms with Crippen LogP contribution in [-0.4, -0.2) is 29.6 Å². The van der Waals surface area contributed by atoms with Gasteiger partial charge in [0, 0.05) is 12.1 Å². The molecular weight excluding hydrogens is 417 g/mol. The molecule has 0 fully saturated rings. The Hall–Kier alpha value is -3.94. The summed E-state index contributed by atoms with van der Waals surface area (Å²) in [4.78, 5) is 28.5. The number of rotatable bonds is 6. The first-order chi connectivity index (χ1) is 15.1. The Kier molecular flexibility index (Phi) is 6.73. The van der Waals surface area contributed by atoms with Crippen LogP contribution in [0, 0.1) is 5.82 Å². The Bertz CT molecular complexity index is 1100. The Morgan fingerprint density at radius 3 is 1.75 bits per heavy atom. The minimum atomic E-state index is -0.705. The van der Waals surface area contributed by atoms with E-state index < -0.39 is 23.4 Å². The molecule has 32 heavy (non-hydrogen) atoms. The first kappa shape index (κ1) is 22.7. The van der Waals surface area contributed by atoms with Gasteiger partial charge in [-0.15, -0.1) is 0 Å². The van der Waals surface area contributed by atoms with E-state index in [1.807, 2.05) is 0 Å². The van der Waals surface area contributed by atoms with Crippen LogP contribution in [0.25, 0.3) is 0 Å². The molecule has 0 N–H and O–H groups in total. The van der Waals surface area contributed by atoms with Crippen molar-refractivity contribution in [2.45, 2.75) is 26.4 Å². The number of hydrogen-bond acceptors (Lipinski definition) is 7. The van der Waals surface area contributed by atoms with Gasteiger partial charge in [-0.3, -0.25) is 0 Å². The fourth-order valence-corrected chi connectivity index (χ4v) is 2.56. The zero-order valence-corrected chi connectivity index (χ0v) is 18.0. The molecule has 0 bridgehead atoms. The molecule has 0 saturated heterocycles. The van der Waals surface area contributed by atoms with E-state index in [-0.39, 0.29) is 17.3 Å². The van der Waals surface area contributed by atoms with Gasteiger partial charge in [-0.05, 0) is 69.3 Å². The summed E-state index contributed by atoms with van der Waals surface area (Å²) in [7, 11) is 1.29. The second kappa shape index (κ2) is 9.47. The highest BCUT2D eigenvalue weighted by atomic mass is 19.1. The number of pyridine rings is 1. The van der Waals surface area contributed by atoms with Crippen molar-refractivity contribution in [3.8, 4) is 23.3 Å². The zero-order valence-electron chi connectivity index (χ0n) is 18.0. The van der Waals surface area contributed by atoms with E-state index in [1.165, 1.54) is 55.6 Å². The lowest BCUT2D eigenvalue weighted by molar-refractivity contribution is 0.00683. The van der Waals surface area contributed by atoms with Gasteiger partial charge >= 0.3 is 11.9 Å². The minimum Gasteiger partial charge on any atom is -0.465 e. The standard InChI is InChI=1S/C24H22FNO6/c1-24(2,3)32-23(28)16-13-20(30-18-9-5-15(6-10-18)22(27)29-4)26-21(14-16)31-19-11-7-17(25)8-12-19/h5-14H,1-4H3. The smallest absolute Gasteiger partial charge is 0.339 e. The molecule has 0 unspecified atom stereocenters. The van der Waals surface area contributed by atoms with Crippen LogP contribution in [0.5, 0.6) is 23.3 Å². The molecular formula is C24H22FNO6. The van der Waals surface area contributed by atoms with Crippen molar-refractivity contribution in [3.05, 3.63) is 77.6 Å². The quantitative estimate of drug-likeness (QED) is 0.466. The van der Waals surface area contributed by atoms with Crippen LogP contribution in [-0.2, 0) is 9.47 Å². The molecule has 0 amide bonds. The van der Waals surface area contributed by atoms with Crippen LogP contribution in [0.2, 0.25) is 0 Å². The topological polar surface area (TPSA) is 84.0 Å². The second-order valence-corrected chi connectivity index (χ2v) is 7.71. The summed E-state index contributed by atoms with van der Waals surface area (Å²) in [6, 6.07) is 14.4. The van der Waals surface area contributed by atoms with Gasteiger partial charge in [0.1, 0.15) is 22.9 Å². The van der Waals surface area contributed by atoms with Gasteiger partial charge in [-0.25, -0.2) is 14.0 Å². The monoisotopic (exact) mass is 439 g/mol. The molecule has 3 aromatic rings. The maximum Gasteiger partial charge on any atom is 0.339 e. The van der Waals surface area contributed by atoms with Gasteiger partial charge in [-0.2, -0.15) is 4.98 Å². The van der Waals surface area contributed by atoms with E-state index in [4.69, 9.17) is 14.2 Å². The van der Waals surface area contributed by atoms with E-state index in [2.05, 4.69) is 9.72 Å². The third kappa shape index (κ3) is 6.28. The van der Waals surface area contributed by atoms with E-state index in [1.54, 1.807) is 32.9 Å². The Balaban J connectivity index is 1.90. The van der Waals surface area contributed by atoms with E-state index in [0.29, 0.717) is 17.1 Å². The van der Waals surface area contributed by atoms with E-state index >= 15 is 0 Å². The number of methoxy groups -OCH3 is 1. The Morgan fingerprint density at radius 2 is 1.28 bits per heavy atom. The summed E-state index contributed by atoms with van der Waals surface area (Å²) < 4.78 is 34.7. The Labute approximate surface area is 184 Å². The van der Waals surface area contributed by atoms with Gasteiger partial charge in [0.2, 0.25) is 11.8 Å². The third-order valence-electron chi connectivity index (χ3n) is 3.95. The van der Waals surface area contributed by atoms with Crippen molar-refractivity contribution in [2.24, 2.45) is 0 Å². The highest BCUT2D eigenvalue weighted by molar-refractivity contribution is 5.90. The molecule has 0 aliphatic carbocycles. The highest BCUT2D eigenvalue weighted by Crippen LogP contribution is 2.28. The number of carbonyl (C=O) groups is 2. The number of aromatic nitrogens is 1. The van der Waals surface area contributed by atoms with Gasteiger partial charge in [0.25, 0.3) is 0 Å². The summed E-state index contributed by atoms with van der Waals surface area (Å²) in [5.41, 5.74) is -0.188. The van der Waals surface area contributed by atoms with Crippen molar-refractivity contribution < 1.29 is 32.9 Å². The van der Waals surface area contributed by atoms with Crippen molar-refractivity contribution in [1.82, 2.24) is 4.98 Å². The predicted octanol–water partition coefficient (Wildman–Crippen LogP) is 5.55. The number of benzene rings is 2. The van der Waals surface area contributed by atoms with Crippen molar-refractivity contribution >= 4 is 11.9 Å². The third-order valence-corrected chi connectivity index (χ3v) is 3.95. The van der Waals surface area contributed by atoms with Crippen LogP contribution >= 0.6 is 0 Å². The molecule has 7 nitrogen and oxygen atoms in total. The van der Waals surface area contributed by atoms with Crippen LogP contribution < -0.4 is 9.47 Å². The number of ether oxygens (including phenoxy) is 4. The fraction of sp³-hybridized carbons (Fsp3) is 0.208. The van der Waals surface area contributed by atoms with Gasteiger partial charge in [-0.1, -0.05) is 0 Å². The fourth-order valence-electron chi connectivity index (χ4n) is 2.56. The number of hydrogen-bond donors (Lipinski definition) is 0. The summed E-state index contributed by atoms with van der Waals surface area (Å²) in [5.74, 6) is -0.649. The average Bonchev–Trinajstić information content (AvgIpc) is 2.74. The molecule has 0 radical (unpaired) electrons. The molecule has 2 aromatic carbocycles. The van der Waals surface area contributed by atoms with E-state index in [9.17, 15) is 14.0 Å². The number of esters is 2. The Morgan fingerprint density at radius 1 is 0.781 bits per heavy atom. The second-order valence-electron chi connectivity index (χ2n) is 7.71. The summed E-state index contributed by atoms with van der Waals surface area (Å²) in [6.07, 6.45) is 0. The molecule has 1 aromatic heterocycles. The molecule has 0 aliphatic heterocycles. The van der Waals surface area contributed by atoms with Crippen molar-refractivity contribution in [2.75, 3.05) is 7.11 Å². The van der Waals surface area contributed by atoms with Gasteiger partial charge < -0.3 is 18.9 Å². The largest absolute Gasteiger partial charge is 0.465 e. The maximum atomic E-state index is 13.2. The number of carbonyl (C=O) groups excluding carboxylic acids is 2. The van der Waals surface area contributed by atoms with Crippen LogP contribution in [0.1, 0.15) is 41.5 Å². The molecule has 0 spiro atoms. The maximum absolute atomic E-state index is 13.2. The number of nitrogens with zero attached hydrogens (tertiary/aromatic N) is 1. The predicted molar refractivity (Wildman–Crippen MR) is 114 cm³/mol. The summed E-state index contributed by atoms with van der Waals surface area (Å²) in [6.45, 7) is 5.26. The molecule has 3 rings (SSSR count). The van der Waals surface area contributed by atoms with E-state index in [0.717, 1.165) is 0 Å². The van der Waals surface area contributed by atoms with Crippen molar-refractivity contribution in [1.29, 1.82) is 0 Å². The van der Waals surface area contributed by atoms with Crippen LogP contribution in [0.15, 0.2) is 60.7 Å². The SMILES string of the molecule is COC(=O)c1ccc(Oc2cc(C(=O)OC(C)(C)C)cc(Oc3ccc(F)cc3)n2)cc1. The first-order valence-electron chi connectivity index (χ1n) is 9.68. The molecule has 0 saturated carbocycles. The normalized spacial score (nSPS) is 10.9. The number of halogens is 1. The van der Waals surface area contributed by atoms with Crippen LogP contribution in [0.4, 0.5) is 4.39 Å². The van der Waals surface area contributed by atoms with Crippen LogP contribution in [0.3, 0.4) is 0 Å². The molecule has 0 atom stereocenters. The average molecular weight is 439 g/mol. The lowest BCUT2D eigenvalue weighted by Gasteiger charge is -2.20. The molecule has 166 valence electrons. The molecule has 8 heteroatoms. The van der Waals surface area contributed by atoms with Crippen molar-refractivity contribution in [3.63, 3.8) is 0 Å². The van der Waals surface area contributed by atoms with Gasteiger partial charge in [0.05, 0.1) is 18.2 Å².